The molecule has 0 amide bonds. The maximum Gasteiger partial charge on any atom is 0.266 e. The Morgan fingerprint density at radius 2 is 2.00 bits per heavy atom. The summed E-state index contributed by atoms with van der Waals surface area (Å²) in [6.45, 7) is -0.0587. The lowest BCUT2D eigenvalue weighted by Crippen LogP contribution is -2.32. The molecule has 1 aromatic carbocycles. The van der Waals surface area contributed by atoms with Crippen molar-refractivity contribution < 1.29 is 12.8 Å². The Labute approximate surface area is 142 Å². The maximum absolute atomic E-state index is 13.2. The van der Waals surface area contributed by atoms with Gasteiger partial charge in [-0.15, -0.1) is 5.10 Å². The molecule has 25 heavy (non-hydrogen) atoms. The molecular weight excluding hydrogens is 349 g/mol. The number of nitrogens with one attached hydrogen (secondary N) is 1. The standard InChI is InChI=1S/C15H14FN5O3S/c16-12-3-1-4-13(11-12)25(23,24)18-8-10-21-15(22)6-5-14(19-21)20-9-2-7-17-20/h1-7,9,11,18H,8,10H2. The summed E-state index contributed by atoms with van der Waals surface area (Å²) in [6, 6.07) is 9.23. The highest BCUT2D eigenvalue weighted by molar-refractivity contribution is 7.89. The number of rotatable bonds is 6. The van der Waals surface area contributed by atoms with Gasteiger partial charge in [-0.3, -0.25) is 4.79 Å². The molecule has 0 aliphatic heterocycles. The second-order valence-corrected chi connectivity index (χ2v) is 6.83. The van der Waals surface area contributed by atoms with Crippen molar-refractivity contribution in [2.75, 3.05) is 6.54 Å². The van der Waals surface area contributed by atoms with Crippen LogP contribution in [0.2, 0.25) is 0 Å². The molecule has 0 saturated heterocycles. The van der Waals surface area contributed by atoms with Gasteiger partial charge >= 0.3 is 0 Å². The predicted molar refractivity (Wildman–Crippen MR) is 87.2 cm³/mol. The van der Waals surface area contributed by atoms with Gasteiger partial charge in [0.2, 0.25) is 10.0 Å². The Morgan fingerprint density at radius 1 is 1.16 bits per heavy atom. The van der Waals surface area contributed by atoms with E-state index in [9.17, 15) is 17.6 Å². The van der Waals surface area contributed by atoms with Crippen molar-refractivity contribution in [3.05, 3.63) is 71.0 Å². The third-order valence-electron chi connectivity index (χ3n) is 3.31. The van der Waals surface area contributed by atoms with Crippen molar-refractivity contribution in [1.82, 2.24) is 24.3 Å². The molecule has 0 atom stereocenters. The van der Waals surface area contributed by atoms with Gasteiger partial charge in [-0.1, -0.05) is 6.07 Å². The Hall–Kier alpha value is -2.85. The molecule has 3 rings (SSSR count). The fourth-order valence-corrected chi connectivity index (χ4v) is 3.18. The summed E-state index contributed by atoms with van der Waals surface area (Å²) < 4.78 is 42.3. The summed E-state index contributed by atoms with van der Waals surface area (Å²) in [5.41, 5.74) is -0.374. The summed E-state index contributed by atoms with van der Waals surface area (Å²) >= 11 is 0. The van der Waals surface area contributed by atoms with Crippen LogP contribution in [0.1, 0.15) is 0 Å². The SMILES string of the molecule is O=c1ccc(-n2cccn2)nn1CCNS(=O)(=O)c1cccc(F)c1. The van der Waals surface area contributed by atoms with Gasteiger partial charge < -0.3 is 0 Å². The van der Waals surface area contributed by atoms with Crippen LogP contribution in [-0.2, 0) is 16.6 Å². The summed E-state index contributed by atoms with van der Waals surface area (Å²) in [7, 11) is -3.87. The molecule has 3 aromatic rings. The third-order valence-corrected chi connectivity index (χ3v) is 4.77. The van der Waals surface area contributed by atoms with Crippen LogP contribution in [0.3, 0.4) is 0 Å². The lowest BCUT2D eigenvalue weighted by atomic mass is 10.4. The normalized spacial score (nSPS) is 11.6. The lowest BCUT2D eigenvalue weighted by molar-refractivity contribution is 0.541. The van der Waals surface area contributed by atoms with E-state index in [4.69, 9.17) is 0 Å². The number of benzene rings is 1. The highest BCUT2D eigenvalue weighted by Crippen LogP contribution is 2.09. The second kappa shape index (κ2) is 6.95. The van der Waals surface area contributed by atoms with Gasteiger partial charge in [0, 0.05) is 25.0 Å². The molecule has 0 spiro atoms. The Balaban J connectivity index is 1.72. The van der Waals surface area contributed by atoms with Crippen LogP contribution in [-0.4, -0.2) is 34.5 Å². The molecule has 0 unspecified atom stereocenters. The first kappa shape index (κ1) is 17.0. The number of nitrogens with zero attached hydrogens (tertiary/aromatic N) is 4. The minimum absolute atomic E-state index is 0.0164. The van der Waals surface area contributed by atoms with Crippen molar-refractivity contribution in [3.63, 3.8) is 0 Å². The number of sulfonamides is 1. The van der Waals surface area contributed by atoms with Crippen LogP contribution in [0, 0.1) is 5.82 Å². The highest BCUT2D eigenvalue weighted by Gasteiger charge is 2.14. The van der Waals surface area contributed by atoms with Crippen molar-refractivity contribution in [2.24, 2.45) is 0 Å². The molecule has 0 radical (unpaired) electrons. The van der Waals surface area contributed by atoms with E-state index in [0.717, 1.165) is 16.8 Å². The monoisotopic (exact) mass is 363 g/mol. The summed E-state index contributed by atoms with van der Waals surface area (Å²) in [5.74, 6) is -0.217. The number of aromatic nitrogens is 4. The predicted octanol–water partition coefficient (Wildman–Crippen LogP) is 0.547. The van der Waals surface area contributed by atoms with Gasteiger partial charge in [-0.25, -0.2) is 26.9 Å². The minimum Gasteiger partial charge on any atom is -0.268 e. The molecule has 8 nitrogen and oxygen atoms in total. The molecule has 130 valence electrons. The molecule has 0 aliphatic carbocycles. The smallest absolute Gasteiger partial charge is 0.266 e. The summed E-state index contributed by atoms with van der Waals surface area (Å²) in [6.07, 6.45) is 3.24. The van der Waals surface area contributed by atoms with E-state index in [0.29, 0.717) is 5.82 Å². The first-order valence-corrected chi connectivity index (χ1v) is 8.77. The van der Waals surface area contributed by atoms with Crippen molar-refractivity contribution in [2.45, 2.75) is 11.4 Å². The van der Waals surface area contributed by atoms with E-state index >= 15 is 0 Å². The topological polar surface area (TPSA) is 98.9 Å². The van der Waals surface area contributed by atoms with E-state index in [2.05, 4.69) is 14.9 Å². The Morgan fingerprint density at radius 3 is 2.72 bits per heavy atom. The average Bonchev–Trinajstić information content (AvgIpc) is 3.11. The van der Waals surface area contributed by atoms with E-state index in [1.54, 1.807) is 18.5 Å². The Kier molecular flexibility index (Phi) is 4.72. The second-order valence-electron chi connectivity index (χ2n) is 5.06. The lowest BCUT2D eigenvalue weighted by Gasteiger charge is -2.09. The fraction of sp³-hybridized carbons (Fsp3) is 0.133. The quantitative estimate of drug-likeness (QED) is 0.689. The molecule has 10 heteroatoms. The van der Waals surface area contributed by atoms with Gasteiger partial charge in [0.1, 0.15) is 5.82 Å². The first-order valence-electron chi connectivity index (χ1n) is 7.29. The van der Waals surface area contributed by atoms with Crippen LogP contribution in [0.4, 0.5) is 4.39 Å². The number of halogens is 1. The zero-order valence-corrected chi connectivity index (χ0v) is 13.7. The summed E-state index contributed by atoms with van der Waals surface area (Å²) in [4.78, 5) is 11.7. The zero-order chi connectivity index (χ0) is 17.9. The van der Waals surface area contributed by atoms with Crippen LogP contribution >= 0.6 is 0 Å². The van der Waals surface area contributed by atoms with Gasteiger partial charge in [0.15, 0.2) is 5.82 Å². The van der Waals surface area contributed by atoms with Gasteiger partial charge in [-0.2, -0.15) is 5.10 Å². The molecule has 2 heterocycles. The summed E-state index contributed by atoms with van der Waals surface area (Å²) in [5, 5.41) is 8.15. The number of hydrogen-bond donors (Lipinski definition) is 1. The number of hydrogen-bond acceptors (Lipinski definition) is 5. The molecule has 0 fully saturated rings. The van der Waals surface area contributed by atoms with Crippen LogP contribution in [0.5, 0.6) is 0 Å². The zero-order valence-electron chi connectivity index (χ0n) is 12.9. The van der Waals surface area contributed by atoms with Crippen LogP contribution in [0.25, 0.3) is 5.82 Å². The molecule has 0 saturated carbocycles. The van der Waals surface area contributed by atoms with Crippen molar-refractivity contribution >= 4 is 10.0 Å². The largest absolute Gasteiger partial charge is 0.268 e. The average molecular weight is 363 g/mol. The highest BCUT2D eigenvalue weighted by atomic mass is 32.2. The third kappa shape index (κ3) is 3.98. The van der Waals surface area contributed by atoms with Gasteiger partial charge in [0.25, 0.3) is 5.56 Å². The minimum atomic E-state index is -3.87. The van der Waals surface area contributed by atoms with E-state index in [1.807, 2.05) is 0 Å². The maximum atomic E-state index is 13.2. The van der Waals surface area contributed by atoms with Gasteiger partial charge in [0.05, 0.1) is 11.4 Å². The van der Waals surface area contributed by atoms with Gasteiger partial charge in [-0.05, 0) is 30.3 Å². The van der Waals surface area contributed by atoms with E-state index < -0.39 is 15.8 Å². The van der Waals surface area contributed by atoms with E-state index in [-0.39, 0.29) is 23.5 Å². The molecular formula is C15H14FN5O3S. The first-order chi connectivity index (χ1) is 12.0. The molecule has 0 aliphatic rings. The van der Waals surface area contributed by atoms with Crippen LogP contribution < -0.4 is 10.3 Å². The Bertz CT molecular complexity index is 1030. The molecule has 1 N–H and O–H groups in total. The molecule has 0 bridgehead atoms. The molecule has 2 aromatic heterocycles. The van der Waals surface area contributed by atoms with Crippen LogP contribution in [0.15, 0.2) is 64.5 Å². The van der Waals surface area contributed by atoms with Crippen molar-refractivity contribution in [1.29, 1.82) is 0 Å². The van der Waals surface area contributed by atoms with Crippen molar-refractivity contribution in [3.8, 4) is 5.82 Å². The fourth-order valence-electron chi connectivity index (χ4n) is 2.13. The van der Waals surface area contributed by atoms with E-state index in [1.165, 1.54) is 28.9 Å².